The molecule has 2 aromatic rings. The fourth-order valence-electron chi connectivity index (χ4n) is 2.17. The van der Waals surface area contributed by atoms with E-state index < -0.39 is 0 Å². The first-order chi connectivity index (χ1) is 11.5. The van der Waals surface area contributed by atoms with Gasteiger partial charge in [-0.1, -0.05) is 17.7 Å². The van der Waals surface area contributed by atoms with Crippen LogP contribution in [0.4, 0.5) is 0 Å². The van der Waals surface area contributed by atoms with Crippen molar-refractivity contribution in [3.8, 4) is 17.2 Å². The summed E-state index contributed by atoms with van der Waals surface area (Å²) in [5.41, 5.74) is 0.910. The maximum atomic E-state index is 12.0. The van der Waals surface area contributed by atoms with Gasteiger partial charge in [-0.05, 0) is 48.9 Å². The molecule has 0 bridgehead atoms. The second-order valence-corrected chi connectivity index (χ2v) is 5.58. The van der Waals surface area contributed by atoms with Gasteiger partial charge in [0.25, 0.3) is 5.91 Å². The fraction of sp³-hybridized carbons (Fsp3) is 0.278. The second-order valence-electron chi connectivity index (χ2n) is 5.15. The van der Waals surface area contributed by atoms with E-state index in [1.165, 1.54) is 0 Å². The zero-order valence-electron chi connectivity index (χ0n) is 13.8. The van der Waals surface area contributed by atoms with Gasteiger partial charge in [-0.2, -0.15) is 0 Å². The normalized spacial score (nSPS) is 11.5. The predicted octanol–water partition coefficient (Wildman–Crippen LogP) is 3.61. The van der Waals surface area contributed by atoms with Gasteiger partial charge in [0.2, 0.25) is 0 Å². The van der Waals surface area contributed by atoms with Crippen LogP contribution in [0.3, 0.4) is 0 Å². The highest BCUT2D eigenvalue weighted by Gasteiger charge is 2.13. The van der Waals surface area contributed by atoms with Crippen LogP contribution < -0.4 is 19.5 Å². The number of ether oxygens (including phenoxy) is 3. The van der Waals surface area contributed by atoms with Gasteiger partial charge in [0.05, 0.1) is 20.3 Å². The second kappa shape index (κ2) is 8.45. The summed E-state index contributed by atoms with van der Waals surface area (Å²) in [6.07, 6.45) is 0. The van der Waals surface area contributed by atoms with E-state index in [4.69, 9.17) is 25.8 Å². The van der Waals surface area contributed by atoms with Gasteiger partial charge in [0.1, 0.15) is 5.75 Å². The van der Waals surface area contributed by atoms with Crippen molar-refractivity contribution in [3.63, 3.8) is 0 Å². The molecule has 2 aromatic carbocycles. The number of hydrogen-bond acceptors (Lipinski definition) is 4. The monoisotopic (exact) mass is 349 g/mol. The molecule has 0 saturated heterocycles. The van der Waals surface area contributed by atoms with Gasteiger partial charge in [0, 0.05) is 5.02 Å². The van der Waals surface area contributed by atoms with Crippen LogP contribution in [0.1, 0.15) is 18.5 Å². The van der Waals surface area contributed by atoms with Crippen molar-refractivity contribution in [2.45, 2.75) is 13.0 Å². The van der Waals surface area contributed by atoms with Crippen molar-refractivity contribution in [3.05, 3.63) is 53.1 Å². The molecule has 0 aromatic heterocycles. The van der Waals surface area contributed by atoms with E-state index >= 15 is 0 Å². The Hall–Kier alpha value is -2.40. The molecule has 128 valence electrons. The van der Waals surface area contributed by atoms with Crippen LogP contribution >= 0.6 is 11.6 Å². The number of nitrogens with one attached hydrogen (secondary N) is 1. The van der Waals surface area contributed by atoms with E-state index in [0.717, 1.165) is 5.56 Å². The molecule has 0 fully saturated rings. The summed E-state index contributed by atoms with van der Waals surface area (Å²) >= 11 is 5.80. The van der Waals surface area contributed by atoms with Crippen LogP contribution in [0, 0.1) is 0 Å². The number of benzene rings is 2. The molecule has 1 atom stereocenters. The smallest absolute Gasteiger partial charge is 0.258 e. The number of rotatable bonds is 7. The molecule has 0 aliphatic carbocycles. The Morgan fingerprint density at radius 2 is 1.75 bits per heavy atom. The van der Waals surface area contributed by atoms with Gasteiger partial charge in [-0.3, -0.25) is 4.79 Å². The van der Waals surface area contributed by atoms with Crippen molar-refractivity contribution in [1.29, 1.82) is 0 Å². The lowest BCUT2D eigenvalue weighted by molar-refractivity contribution is -0.123. The molecule has 0 saturated carbocycles. The Kier molecular flexibility index (Phi) is 6.32. The third-order valence-corrected chi connectivity index (χ3v) is 3.72. The van der Waals surface area contributed by atoms with Gasteiger partial charge in [0.15, 0.2) is 18.1 Å². The Morgan fingerprint density at radius 3 is 2.38 bits per heavy atom. The lowest BCUT2D eigenvalue weighted by atomic mass is 10.1. The van der Waals surface area contributed by atoms with E-state index in [1.54, 1.807) is 44.6 Å². The number of methoxy groups -OCH3 is 2. The van der Waals surface area contributed by atoms with Crippen molar-refractivity contribution in [1.82, 2.24) is 5.32 Å². The molecular weight excluding hydrogens is 330 g/mol. The minimum atomic E-state index is -0.216. The largest absolute Gasteiger partial charge is 0.493 e. The van der Waals surface area contributed by atoms with E-state index in [9.17, 15) is 4.79 Å². The first-order valence-corrected chi connectivity index (χ1v) is 7.81. The van der Waals surface area contributed by atoms with E-state index in [0.29, 0.717) is 22.3 Å². The van der Waals surface area contributed by atoms with Crippen LogP contribution in [0.25, 0.3) is 0 Å². The van der Waals surface area contributed by atoms with Crippen LogP contribution in [-0.2, 0) is 4.79 Å². The summed E-state index contributed by atoms with van der Waals surface area (Å²) in [4.78, 5) is 12.0. The molecule has 5 nitrogen and oxygen atoms in total. The highest BCUT2D eigenvalue weighted by Crippen LogP contribution is 2.29. The molecule has 0 spiro atoms. The van der Waals surface area contributed by atoms with Crippen LogP contribution in [0.2, 0.25) is 5.02 Å². The Morgan fingerprint density at radius 1 is 1.08 bits per heavy atom. The molecule has 1 amide bonds. The predicted molar refractivity (Wildman–Crippen MR) is 93.1 cm³/mol. The number of carbonyl (C=O) groups is 1. The van der Waals surface area contributed by atoms with Gasteiger partial charge in [-0.25, -0.2) is 0 Å². The summed E-state index contributed by atoms with van der Waals surface area (Å²) in [7, 11) is 3.15. The zero-order valence-corrected chi connectivity index (χ0v) is 14.6. The molecule has 1 N–H and O–H groups in total. The van der Waals surface area contributed by atoms with Crippen molar-refractivity contribution in [2.24, 2.45) is 0 Å². The zero-order chi connectivity index (χ0) is 17.5. The number of hydrogen-bond donors (Lipinski definition) is 1. The molecule has 6 heteroatoms. The molecule has 24 heavy (non-hydrogen) atoms. The average molecular weight is 350 g/mol. The summed E-state index contributed by atoms with van der Waals surface area (Å²) in [5, 5.41) is 3.50. The maximum Gasteiger partial charge on any atom is 0.258 e. The quantitative estimate of drug-likeness (QED) is 0.829. The summed E-state index contributed by atoms with van der Waals surface area (Å²) in [6, 6.07) is 12.2. The first kappa shape index (κ1) is 17.9. The Labute approximate surface area is 146 Å². The third kappa shape index (κ3) is 4.80. The van der Waals surface area contributed by atoms with Crippen LogP contribution in [0.5, 0.6) is 17.2 Å². The highest BCUT2D eigenvalue weighted by atomic mass is 35.5. The standard InChI is InChI=1S/C18H20ClNO4/c1-12(13-4-9-16(22-2)17(10-13)23-3)20-18(21)11-24-15-7-5-14(19)6-8-15/h4-10,12H,11H2,1-3H3,(H,20,21). The Balaban J connectivity index is 1.92. The molecule has 2 rings (SSSR count). The van der Waals surface area contributed by atoms with E-state index in [1.807, 2.05) is 19.1 Å². The minimum Gasteiger partial charge on any atom is -0.493 e. The number of carbonyl (C=O) groups excluding carboxylic acids is 1. The highest BCUT2D eigenvalue weighted by molar-refractivity contribution is 6.30. The van der Waals surface area contributed by atoms with Crippen molar-refractivity contribution < 1.29 is 19.0 Å². The van der Waals surface area contributed by atoms with Gasteiger partial charge < -0.3 is 19.5 Å². The lowest BCUT2D eigenvalue weighted by Gasteiger charge is -2.16. The molecule has 1 unspecified atom stereocenters. The summed E-state index contributed by atoms with van der Waals surface area (Å²) in [6.45, 7) is 1.82. The summed E-state index contributed by atoms with van der Waals surface area (Å²) in [5.74, 6) is 1.64. The first-order valence-electron chi connectivity index (χ1n) is 7.43. The Bertz CT molecular complexity index is 688. The third-order valence-electron chi connectivity index (χ3n) is 3.47. The molecule has 0 aliphatic heterocycles. The maximum absolute atomic E-state index is 12.0. The molecule has 0 radical (unpaired) electrons. The molecule has 0 heterocycles. The number of amides is 1. The van der Waals surface area contributed by atoms with Crippen molar-refractivity contribution in [2.75, 3.05) is 20.8 Å². The fourth-order valence-corrected chi connectivity index (χ4v) is 2.29. The number of halogens is 1. The average Bonchev–Trinajstić information content (AvgIpc) is 2.60. The van der Waals surface area contributed by atoms with Crippen molar-refractivity contribution >= 4 is 17.5 Å². The van der Waals surface area contributed by atoms with Gasteiger partial charge >= 0.3 is 0 Å². The van der Waals surface area contributed by atoms with E-state index in [-0.39, 0.29) is 18.6 Å². The lowest BCUT2D eigenvalue weighted by Crippen LogP contribution is -2.31. The molecular formula is C18H20ClNO4. The topological polar surface area (TPSA) is 56.8 Å². The van der Waals surface area contributed by atoms with Crippen LogP contribution in [0.15, 0.2) is 42.5 Å². The SMILES string of the molecule is COc1ccc(C(C)NC(=O)COc2ccc(Cl)cc2)cc1OC. The molecule has 0 aliphatic rings. The van der Waals surface area contributed by atoms with Crippen LogP contribution in [-0.4, -0.2) is 26.7 Å². The van der Waals surface area contributed by atoms with E-state index in [2.05, 4.69) is 5.32 Å². The minimum absolute atomic E-state index is 0.0702. The van der Waals surface area contributed by atoms with Gasteiger partial charge in [-0.15, -0.1) is 0 Å². The summed E-state index contributed by atoms with van der Waals surface area (Å²) < 4.78 is 15.9.